The highest BCUT2D eigenvalue weighted by Crippen LogP contribution is 2.16. The number of hydrogen-bond acceptors (Lipinski definition) is 4. The number of carbonyl (C=O) groups excluding carboxylic acids is 2. The second kappa shape index (κ2) is 10.9. The van der Waals surface area contributed by atoms with Crippen LogP contribution in [-0.2, 0) is 21.4 Å². The molecule has 9 heteroatoms. The van der Waals surface area contributed by atoms with Crippen molar-refractivity contribution >= 4 is 39.1 Å². The highest BCUT2D eigenvalue weighted by molar-refractivity contribution is 7.89. The average Bonchev–Trinajstić information content (AvgIpc) is 2.78. The number of benzene rings is 3. The van der Waals surface area contributed by atoms with Gasteiger partial charge in [0.25, 0.3) is 5.91 Å². The first-order valence-corrected chi connectivity index (χ1v) is 11.7. The van der Waals surface area contributed by atoms with Gasteiger partial charge in [-0.05, 0) is 42.0 Å². The summed E-state index contributed by atoms with van der Waals surface area (Å²) in [6.45, 7) is 0.258. The van der Waals surface area contributed by atoms with Crippen molar-refractivity contribution in [2.24, 2.45) is 0 Å². The summed E-state index contributed by atoms with van der Waals surface area (Å²) in [7, 11) is -3.75. The Hall–Kier alpha value is -3.20. The van der Waals surface area contributed by atoms with Crippen molar-refractivity contribution in [1.82, 2.24) is 10.0 Å². The molecule has 0 aromatic heterocycles. The summed E-state index contributed by atoms with van der Waals surface area (Å²) in [6.07, 6.45) is -0.104. The third kappa shape index (κ3) is 6.65. The highest BCUT2D eigenvalue weighted by Gasteiger charge is 2.16. The number of halogens is 1. The summed E-state index contributed by atoms with van der Waals surface area (Å²) in [5.41, 5.74) is 1.62. The molecule has 32 heavy (non-hydrogen) atoms. The van der Waals surface area contributed by atoms with Crippen molar-refractivity contribution in [3.8, 4) is 0 Å². The lowest BCUT2D eigenvalue weighted by Crippen LogP contribution is -2.28. The Balaban J connectivity index is 1.55. The van der Waals surface area contributed by atoms with Gasteiger partial charge in [0.15, 0.2) is 0 Å². The second-order valence-corrected chi connectivity index (χ2v) is 9.07. The molecular formula is C23H22ClN3O4S. The summed E-state index contributed by atoms with van der Waals surface area (Å²) in [5.74, 6) is -0.750. The largest absolute Gasteiger partial charge is 0.348 e. The summed E-state index contributed by atoms with van der Waals surface area (Å²) in [6, 6.07) is 21.8. The van der Waals surface area contributed by atoms with E-state index in [0.717, 1.165) is 5.56 Å². The molecule has 0 aliphatic heterocycles. The Morgan fingerprint density at radius 2 is 1.50 bits per heavy atom. The lowest BCUT2D eigenvalue weighted by Gasteiger charge is -2.12. The van der Waals surface area contributed by atoms with Gasteiger partial charge in [-0.15, -0.1) is 0 Å². The molecule has 3 rings (SSSR count). The van der Waals surface area contributed by atoms with Gasteiger partial charge in [-0.2, -0.15) is 0 Å². The van der Waals surface area contributed by atoms with Crippen LogP contribution in [0.4, 0.5) is 5.69 Å². The van der Waals surface area contributed by atoms with Crippen LogP contribution in [0.1, 0.15) is 22.3 Å². The molecule has 0 spiro atoms. The maximum Gasteiger partial charge on any atom is 0.253 e. The minimum absolute atomic E-state index is 0.0581. The second-order valence-electron chi connectivity index (χ2n) is 6.86. The van der Waals surface area contributed by atoms with Gasteiger partial charge in [-0.1, -0.05) is 54.1 Å². The Bertz CT molecular complexity index is 1180. The highest BCUT2D eigenvalue weighted by atomic mass is 35.5. The van der Waals surface area contributed by atoms with Crippen LogP contribution in [0.25, 0.3) is 0 Å². The molecule has 0 radical (unpaired) electrons. The van der Waals surface area contributed by atoms with E-state index in [9.17, 15) is 18.0 Å². The molecule has 3 aromatic rings. The molecule has 3 N–H and O–H groups in total. The summed E-state index contributed by atoms with van der Waals surface area (Å²) < 4.78 is 26.9. The molecule has 3 aromatic carbocycles. The molecule has 0 fully saturated rings. The Morgan fingerprint density at radius 1 is 0.844 bits per heavy atom. The normalized spacial score (nSPS) is 11.0. The van der Waals surface area contributed by atoms with Gasteiger partial charge >= 0.3 is 0 Å². The summed E-state index contributed by atoms with van der Waals surface area (Å²) in [4.78, 5) is 25.0. The minimum Gasteiger partial charge on any atom is -0.348 e. The van der Waals surface area contributed by atoms with Crippen molar-refractivity contribution in [2.45, 2.75) is 17.9 Å². The quantitative estimate of drug-likeness (QED) is 0.443. The third-order valence-corrected chi connectivity index (χ3v) is 6.24. The van der Waals surface area contributed by atoms with Crippen LogP contribution in [0.2, 0.25) is 5.02 Å². The van der Waals surface area contributed by atoms with Crippen molar-refractivity contribution in [3.05, 3.63) is 95.0 Å². The van der Waals surface area contributed by atoms with E-state index in [1.54, 1.807) is 24.3 Å². The molecule has 2 amide bonds. The monoisotopic (exact) mass is 471 g/mol. The van der Waals surface area contributed by atoms with E-state index in [0.29, 0.717) is 22.8 Å². The maximum atomic E-state index is 12.6. The van der Waals surface area contributed by atoms with E-state index in [1.165, 1.54) is 24.3 Å². The van der Waals surface area contributed by atoms with E-state index in [1.807, 2.05) is 30.3 Å². The minimum atomic E-state index is -3.75. The molecule has 0 aliphatic rings. The first-order chi connectivity index (χ1) is 15.3. The smallest absolute Gasteiger partial charge is 0.253 e. The lowest BCUT2D eigenvalue weighted by molar-refractivity contribution is -0.116. The van der Waals surface area contributed by atoms with Crippen LogP contribution in [-0.4, -0.2) is 26.8 Å². The van der Waals surface area contributed by atoms with Crippen molar-refractivity contribution in [3.63, 3.8) is 0 Å². The van der Waals surface area contributed by atoms with Gasteiger partial charge in [0.2, 0.25) is 15.9 Å². The topological polar surface area (TPSA) is 104 Å². The Morgan fingerprint density at radius 3 is 2.22 bits per heavy atom. The number of sulfonamides is 1. The average molecular weight is 472 g/mol. The number of rotatable bonds is 9. The van der Waals surface area contributed by atoms with Crippen LogP contribution in [0.5, 0.6) is 0 Å². The first kappa shape index (κ1) is 23.5. The van der Waals surface area contributed by atoms with E-state index < -0.39 is 15.9 Å². The molecule has 0 bridgehead atoms. The molecule has 0 unspecified atom stereocenters. The van der Waals surface area contributed by atoms with Gasteiger partial charge in [-0.25, -0.2) is 13.1 Å². The molecule has 0 heterocycles. The van der Waals surface area contributed by atoms with E-state index in [4.69, 9.17) is 11.6 Å². The van der Waals surface area contributed by atoms with Crippen molar-refractivity contribution < 1.29 is 18.0 Å². The zero-order valence-corrected chi connectivity index (χ0v) is 18.6. The fourth-order valence-electron chi connectivity index (χ4n) is 2.87. The molecule has 0 saturated carbocycles. The molecule has 0 atom stereocenters. The van der Waals surface area contributed by atoms with Crippen LogP contribution < -0.4 is 15.4 Å². The fraction of sp³-hybridized carbons (Fsp3) is 0.130. The maximum absolute atomic E-state index is 12.6. The fourth-order valence-corrected chi connectivity index (χ4v) is 4.03. The van der Waals surface area contributed by atoms with E-state index >= 15 is 0 Å². The zero-order valence-electron chi connectivity index (χ0n) is 17.0. The molecule has 7 nitrogen and oxygen atoms in total. The van der Waals surface area contributed by atoms with Gasteiger partial charge in [0.1, 0.15) is 0 Å². The van der Waals surface area contributed by atoms with Crippen LogP contribution in [0, 0.1) is 0 Å². The Kier molecular flexibility index (Phi) is 7.99. The number of carbonyl (C=O) groups is 2. The summed E-state index contributed by atoms with van der Waals surface area (Å²) in [5, 5.41) is 5.92. The van der Waals surface area contributed by atoms with Gasteiger partial charge in [0.05, 0.1) is 16.1 Å². The number of amides is 2. The van der Waals surface area contributed by atoms with E-state index in [-0.39, 0.29) is 23.8 Å². The molecule has 0 aliphatic carbocycles. The van der Waals surface area contributed by atoms with Gasteiger partial charge in [0, 0.05) is 24.5 Å². The SMILES string of the molecule is O=C(CCNS(=O)(=O)c1ccc(Cl)cc1)Nc1ccccc1C(=O)NCc1ccccc1. The molecule has 166 valence electrons. The lowest BCUT2D eigenvalue weighted by atomic mass is 10.1. The van der Waals surface area contributed by atoms with E-state index in [2.05, 4.69) is 15.4 Å². The van der Waals surface area contributed by atoms with Crippen LogP contribution in [0.3, 0.4) is 0 Å². The number of nitrogens with one attached hydrogen (secondary N) is 3. The molecule has 0 saturated heterocycles. The zero-order chi connectivity index (χ0) is 23.0. The first-order valence-electron chi connectivity index (χ1n) is 9.81. The number of hydrogen-bond donors (Lipinski definition) is 3. The van der Waals surface area contributed by atoms with Crippen LogP contribution >= 0.6 is 11.6 Å². The molecular weight excluding hydrogens is 450 g/mol. The third-order valence-electron chi connectivity index (χ3n) is 4.51. The predicted molar refractivity (Wildman–Crippen MR) is 124 cm³/mol. The Labute approximate surface area is 191 Å². The van der Waals surface area contributed by atoms with Crippen molar-refractivity contribution in [2.75, 3.05) is 11.9 Å². The van der Waals surface area contributed by atoms with Gasteiger partial charge < -0.3 is 10.6 Å². The predicted octanol–water partition coefficient (Wildman–Crippen LogP) is 3.58. The van der Waals surface area contributed by atoms with Crippen molar-refractivity contribution in [1.29, 1.82) is 0 Å². The van der Waals surface area contributed by atoms with Crippen LogP contribution in [0.15, 0.2) is 83.8 Å². The standard InChI is InChI=1S/C23H22ClN3O4S/c24-18-10-12-19(13-11-18)32(30,31)26-15-14-22(28)27-21-9-5-4-8-20(21)23(29)25-16-17-6-2-1-3-7-17/h1-13,26H,14-16H2,(H,25,29)(H,27,28). The van der Waals surface area contributed by atoms with Gasteiger partial charge in [-0.3, -0.25) is 9.59 Å². The summed E-state index contributed by atoms with van der Waals surface area (Å²) >= 11 is 5.77. The number of anilines is 1. The number of para-hydroxylation sites is 1.